The Morgan fingerprint density at radius 1 is 0.976 bits per heavy atom. The van der Waals surface area contributed by atoms with Crippen LogP contribution in [0.3, 0.4) is 0 Å². The van der Waals surface area contributed by atoms with Crippen LogP contribution < -0.4 is 14.4 Å². The average molecular weight is 596 g/mol. The summed E-state index contributed by atoms with van der Waals surface area (Å²) in [7, 11) is -4.39. The minimum atomic E-state index is -5.05. The van der Waals surface area contributed by atoms with Crippen LogP contribution in [0.15, 0.2) is 102 Å². The number of carbonyl (C=O) groups is 1. The van der Waals surface area contributed by atoms with E-state index in [1.54, 1.807) is 29.4 Å². The Hall–Kier alpha value is -4.22. The molecule has 1 N–H and O–H groups in total. The zero-order valence-corrected chi connectivity index (χ0v) is 23.2. The predicted octanol–water partition coefficient (Wildman–Crippen LogP) is 6.11. The number of aromatic nitrogens is 1. The number of alkyl halides is 3. The van der Waals surface area contributed by atoms with Gasteiger partial charge in [-0.15, -0.1) is 13.2 Å². The molecule has 5 rings (SSSR count). The Kier molecular flexibility index (Phi) is 8.60. The van der Waals surface area contributed by atoms with Gasteiger partial charge in [-0.3, -0.25) is 9.78 Å². The third-order valence-corrected chi connectivity index (χ3v) is 8.53. The van der Waals surface area contributed by atoms with Gasteiger partial charge in [-0.2, -0.15) is 0 Å². The van der Waals surface area contributed by atoms with Crippen LogP contribution >= 0.6 is 0 Å². The second kappa shape index (κ2) is 12.3. The lowest BCUT2D eigenvalue weighted by molar-refractivity contribution is -0.275. The van der Waals surface area contributed by atoms with Crippen LogP contribution in [0.25, 0.3) is 0 Å². The summed E-state index contributed by atoms with van der Waals surface area (Å²) in [6, 6.07) is 22.7. The lowest BCUT2D eigenvalue weighted by atomic mass is 10.1. The van der Waals surface area contributed by atoms with Gasteiger partial charge < -0.3 is 9.64 Å². The van der Waals surface area contributed by atoms with Crippen LogP contribution in [-0.2, 0) is 34.2 Å². The molecule has 1 amide bonds. The number of nitrogens with one attached hydrogen (secondary N) is 1. The van der Waals surface area contributed by atoms with Gasteiger partial charge in [0.15, 0.2) is 0 Å². The fraction of sp³-hybridized carbons (Fsp3) is 0.226. The molecule has 42 heavy (non-hydrogen) atoms. The highest BCUT2D eigenvalue weighted by Crippen LogP contribution is 2.37. The maximum Gasteiger partial charge on any atom is 0.573 e. The molecule has 0 aliphatic heterocycles. The molecule has 1 aromatic heterocycles. The van der Waals surface area contributed by atoms with E-state index in [9.17, 15) is 26.4 Å². The number of pyridine rings is 1. The number of benzene rings is 3. The number of rotatable bonds is 10. The number of hydrogen-bond donors (Lipinski definition) is 1. The average Bonchev–Trinajstić information content (AvgIpc) is 3.36. The topological polar surface area (TPSA) is 88.6 Å². The Morgan fingerprint density at radius 2 is 1.71 bits per heavy atom. The number of fused-ring (bicyclic) bond motifs is 1. The van der Waals surface area contributed by atoms with Gasteiger partial charge in [-0.25, -0.2) is 13.1 Å². The van der Waals surface area contributed by atoms with Gasteiger partial charge in [0.05, 0.1) is 6.54 Å². The van der Waals surface area contributed by atoms with E-state index in [1.165, 1.54) is 12.1 Å². The minimum absolute atomic E-state index is 0.115. The van der Waals surface area contributed by atoms with Crippen molar-refractivity contribution in [1.82, 2.24) is 9.71 Å². The van der Waals surface area contributed by atoms with Gasteiger partial charge in [0.2, 0.25) is 15.9 Å². The lowest BCUT2D eigenvalue weighted by Gasteiger charge is -2.25. The number of sulfonamides is 1. The molecule has 1 atom stereocenters. The van der Waals surface area contributed by atoms with Gasteiger partial charge in [0, 0.05) is 30.5 Å². The summed E-state index contributed by atoms with van der Waals surface area (Å²) in [5.41, 5.74) is 4.00. The van der Waals surface area contributed by atoms with Crippen LogP contribution in [0.1, 0.15) is 41.1 Å². The summed E-state index contributed by atoms with van der Waals surface area (Å²) in [5, 5.41) is 0. The predicted molar refractivity (Wildman–Crippen MR) is 151 cm³/mol. The Labute approximate surface area is 242 Å². The molecule has 0 saturated carbocycles. The molecule has 7 nitrogen and oxygen atoms in total. The molecule has 0 spiro atoms. The van der Waals surface area contributed by atoms with Crippen LogP contribution in [-0.4, -0.2) is 25.7 Å². The number of para-hydroxylation sites is 1. The van der Waals surface area contributed by atoms with Crippen molar-refractivity contribution >= 4 is 21.6 Å². The van der Waals surface area contributed by atoms with Crippen molar-refractivity contribution in [2.45, 2.75) is 49.5 Å². The van der Waals surface area contributed by atoms with E-state index in [1.807, 2.05) is 48.5 Å². The largest absolute Gasteiger partial charge is 0.573 e. The number of amides is 1. The monoisotopic (exact) mass is 595 g/mol. The number of hydrogen-bond acceptors (Lipinski definition) is 5. The first-order valence-corrected chi connectivity index (χ1v) is 14.8. The summed E-state index contributed by atoms with van der Waals surface area (Å²) >= 11 is 0. The molecule has 1 aliphatic carbocycles. The smallest absolute Gasteiger partial charge is 0.404 e. The fourth-order valence-corrected chi connectivity index (χ4v) is 6.42. The number of nitrogens with zero attached hydrogens (tertiary/aromatic N) is 2. The van der Waals surface area contributed by atoms with E-state index in [0.717, 1.165) is 28.8 Å². The maximum atomic E-state index is 13.6. The van der Waals surface area contributed by atoms with Crippen molar-refractivity contribution in [3.63, 3.8) is 0 Å². The highest BCUT2D eigenvalue weighted by Gasteiger charge is 2.35. The van der Waals surface area contributed by atoms with Crippen LogP contribution in [0.5, 0.6) is 5.75 Å². The Morgan fingerprint density at radius 3 is 2.45 bits per heavy atom. The molecule has 3 aromatic carbocycles. The van der Waals surface area contributed by atoms with E-state index in [-0.39, 0.29) is 18.9 Å². The number of carbonyl (C=O) groups excluding carboxylic acids is 1. The van der Waals surface area contributed by atoms with Crippen LogP contribution in [0.2, 0.25) is 0 Å². The first kappa shape index (κ1) is 29.3. The molecule has 0 radical (unpaired) electrons. The normalized spacial score (nSPS) is 14.8. The summed E-state index contributed by atoms with van der Waals surface area (Å²) in [6.07, 6.45) is 0.0604. The molecule has 1 aliphatic rings. The van der Waals surface area contributed by atoms with E-state index >= 15 is 0 Å². The molecule has 4 aromatic rings. The van der Waals surface area contributed by atoms with Crippen LogP contribution in [0.4, 0.5) is 18.9 Å². The number of halogens is 3. The van der Waals surface area contributed by atoms with E-state index in [2.05, 4.69) is 14.4 Å². The number of ether oxygens (including phenoxy) is 1. The van der Waals surface area contributed by atoms with Gasteiger partial charge in [-0.1, -0.05) is 54.6 Å². The van der Waals surface area contributed by atoms with E-state index in [4.69, 9.17) is 0 Å². The van der Waals surface area contributed by atoms with Crippen molar-refractivity contribution in [3.8, 4) is 5.75 Å². The zero-order chi connectivity index (χ0) is 29.7. The highest BCUT2D eigenvalue weighted by molar-refractivity contribution is 7.89. The maximum absolute atomic E-state index is 13.6. The summed E-state index contributed by atoms with van der Waals surface area (Å²) in [5.74, 6) is -0.924. The van der Waals surface area contributed by atoms with Gasteiger partial charge >= 0.3 is 6.36 Å². The summed E-state index contributed by atoms with van der Waals surface area (Å²) in [4.78, 5) is 18.8. The second-order valence-electron chi connectivity index (χ2n) is 9.92. The first-order valence-electron chi connectivity index (χ1n) is 13.3. The lowest BCUT2D eigenvalue weighted by Crippen LogP contribution is -2.31. The van der Waals surface area contributed by atoms with Crippen molar-refractivity contribution in [2.75, 3.05) is 4.90 Å². The third-order valence-electron chi connectivity index (χ3n) is 7.02. The molecule has 0 fully saturated rings. The second-order valence-corrected chi connectivity index (χ2v) is 11.6. The van der Waals surface area contributed by atoms with Gasteiger partial charge in [0.1, 0.15) is 10.6 Å². The van der Waals surface area contributed by atoms with E-state index < -0.39 is 33.1 Å². The molecule has 11 heteroatoms. The zero-order valence-electron chi connectivity index (χ0n) is 22.4. The molecular weight excluding hydrogens is 567 g/mol. The van der Waals surface area contributed by atoms with Crippen molar-refractivity contribution < 1.29 is 31.1 Å². The standard InChI is InChI=1S/C31H28F3N3O4S/c32-31(33,34)41-28-10-4-5-11-29(28)42(39,40)36-27-16-14-24-13-15-25(19-26(24)27)37(21-23-9-6-18-35-20-23)30(38)17-12-22-7-2-1-3-8-22/h1-11,13,15,18-20,27,36H,12,14,16-17,21H2. The molecule has 218 valence electrons. The minimum Gasteiger partial charge on any atom is -0.404 e. The summed E-state index contributed by atoms with van der Waals surface area (Å²) in [6.45, 7) is 0.263. The number of anilines is 1. The molecule has 0 saturated heterocycles. The fourth-order valence-electron chi connectivity index (χ4n) is 5.04. The van der Waals surface area contributed by atoms with Gasteiger partial charge in [-0.05, 0) is 71.8 Å². The van der Waals surface area contributed by atoms with Crippen molar-refractivity contribution in [3.05, 3.63) is 120 Å². The van der Waals surface area contributed by atoms with Crippen molar-refractivity contribution in [2.24, 2.45) is 0 Å². The number of aryl methyl sites for hydroxylation is 2. The molecule has 1 heterocycles. The Bertz CT molecular complexity index is 1650. The quantitative estimate of drug-likeness (QED) is 0.239. The van der Waals surface area contributed by atoms with Crippen molar-refractivity contribution in [1.29, 1.82) is 0 Å². The first-order chi connectivity index (χ1) is 20.1. The molecule has 0 bridgehead atoms. The SMILES string of the molecule is O=C(CCc1ccccc1)N(Cc1cccnc1)c1ccc2c(c1)C(NS(=O)(=O)c1ccccc1OC(F)(F)F)CC2. The third kappa shape index (κ3) is 7.15. The highest BCUT2D eigenvalue weighted by atomic mass is 32.2. The van der Waals surface area contributed by atoms with Crippen LogP contribution in [0, 0.1) is 0 Å². The summed E-state index contributed by atoms with van der Waals surface area (Å²) < 4.78 is 71.8. The van der Waals surface area contributed by atoms with E-state index in [0.29, 0.717) is 30.5 Å². The van der Waals surface area contributed by atoms with Gasteiger partial charge in [0.25, 0.3) is 0 Å². The Balaban J connectivity index is 1.42. The molecule has 1 unspecified atom stereocenters. The molecular formula is C31H28F3N3O4S.